The second-order valence-corrected chi connectivity index (χ2v) is 5.97. The van der Waals surface area contributed by atoms with Gasteiger partial charge in [-0.25, -0.2) is 0 Å². The van der Waals surface area contributed by atoms with Crippen molar-refractivity contribution >= 4 is 5.78 Å². The Hall–Kier alpha value is -1.39. The van der Waals surface area contributed by atoms with E-state index in [4.69, 9.17) is 4.74 Å². The topological polar surface area (TPSA) is 41.6 Å². The maximum Gasteiger partial charge on any atom is 0.179 e. The molecule has 0 bridgehead atoms. The predicted molar refractivity (Wildman–Crippen MR) is 82.9 cm³/mol. The van der Waals surface area contributed by atoms with Gasteiger partial charge in [0.05, 0.1) is 13.2 Å². The number of ether oxygens (including phenoxy) is 1. The molecule has 0 amide bonds. The van der Waals surface area contributed by atoms with Gasteiger partial charge in [-0.3, -0.25) is 9.69 Å². The number of benzene rings is 1. The quantitative estimate of drug-likeness (QED) is 0.862. The van der Waals surface area contributed by atoms with Gasteiger partial charge in [0.2, 0.25) is 0 Å². The van der Waals surface area contributed by atoms with E-state index in [2.05, 4.69) is 10.2 Å². The van der Waals surface area contributed by atoms with Gasteiger partial charge in [-0.15, -0.1) is 0 Å². The number of methoxy groups -OCH3 is 1. The van der Waals surface area contributed by atoms with Crippen molar-refractivity contribution in [2.45, 2.75) is 37.8 Å². The molecule has 21 heavy (non-hydrogen) atoms. The molecule has 4 heteroatoms. The third-order valence-electron chi connectivity index (χ3n) is 4.75. The second-order valence-electron chi connectivity index (χ2n) is 5.97. The molecule has 1 aromatic carbocycles. The highest BCUT2D eigenvalue weighted by atomic mass is 16.5. The molecule has 2 fully saturated rings. The molecule has 0 aromatic heterocycles. The highest BCUT2D eigenvalue weighted by Crippen LogP contribution is 2.27. The van der Waals surface area contributed by atoms with Gasteiger partial charge in [-0.2, -0.15) is 0 Å². The third kappa shape index (κ3) is 3.11. The van der Waals surface area contributed by atoms with Crippen LogP contribution in [0.1, 0.15) is 36.0 Å². The van der Waals surface area contributed by atoms with Crippen LogP contribution >= 0.6 is 0 Å². The molecule has 2 saturated heterocycles. The molecular formula is C17H24N2O2. The minimum absolute atomic E-state index is 0.0708. The smallest absolute Gasteiger partial charge is 0.179 e. The molecule has 3 rings (SSSR count). The van der Waals surface area contributed by atoms with E-state index in [1.165, 1.54) is 0 Å². The molecular weight excluding hydrogens is 264 g/mol. The molecule has 114 valence electrons. The van der Waals surface area contributed by atoms with Crippen LogP contribution in [0.2, 0.25) is 0 Å². The van der Waals surface area contributed by atoms with Crippen LogP contribution in [0.3, 0.4) is 0 Å². The zero-order chi connectivity index (χ0) is 14.7. The Kier molecular flexibility index (Phi) is 4.56. The van der Waals surface area contributed by atoms with E-state index in [9.17, 15) is 4.79 Å². The van der Waals surface area contributed by atoms with Gasteiger partial charge >= 0.3 is 0 Å². The van der Waals surface area contributed by atoms with E-state index < -0.39 is 0 Å². The van der Waals surface area contributed by atoms with Crippen molar-refractivity contribution in [2.75, 3.05) is 26.7 Å². The van der Waals surface area contributed by atoms with Gasteiger partial charge in [0.15, 0.2) is 5.78 Å². The number of Topliss-reactive ketones (excluding diaryl/α,β-unsaturated/α-hetero) is 1. The van der Waals surface area contributed by atoms with Crippen LogP contribution in [0.15, 0.2) is 24.3 Å². The number of ketones is 1. The van der Waals surface area contributed by atoms with Crippen LogP contribution in [0.5, 0.6) is 5.75 Å². The molecule has 0 spiro atoms. The zero-order valence-electron chi connectivity index (χ0n) is 12.7. The van der Waals surface area contributed by atoms with Crippen molar-refractivity contribution in [1.82, 2.24) is 10.2 Å². The number of hydrogen-bond acceptors (Lipinski definition) is 4. The molecule has 2 aliphatic heterocycles. The van der Waals surface area contributed by atoms with Gasteiger partial charge < -0.3 is 10.1 Å². The van der Waals surface area contributed by atoms with Gasteiger partial charge in [0.1, 0.15) is 5.75 Å². The summed E-state index contributed by atoms with van der Waals surface area (Å²) < 4.78 is 5.16. The molecule has 0 radical (unpaired) electrons. The molecule has 1 atom stereocenters. The van der Waals surface area contributed by atoms with Crippen LogP contribution in [-0.2, 0) is 0 Å². The number of piperidine rings is 1. The van der Waals surface area contributed by atoms with E-state index in [0.717, 1.165) is 56.6 Å². The summed E-state index contributed by atoms with van der Waals surface area (Å²) in [6.45, 7) is 3.21. The Balaban J connectivity index is 1.72. The standard InChI is InChI=1S/C17H24N2O2/c1-21-15-6-4-13(5-7-15)17(20)16-3-2-12-19(16)14-8-10-18-11-9-14/h4-7,14,16,18H,2-3,8-12H2,1H3. The molecule has 2 heterocycles. The molecule has 2 aliphatic rings. The lowest BCUT2D eigenvalue weighted by Gasteiger charge is -2.35. The Bertz CT molecular complexity index is 480. The minimum Gasteiger partial charge on any atom is -0.497 e. The van der Waals surface area contributed by atoms with E-state index in [1.54, 1.807) is 7.11 Å². The number of hydrogen-bond donors (Lipinski definition) is 1. The molecule has 0 aliphatic carbocycles. The number of rotatable bonds is 4. The van der Waals surface area contributed by atoms with E-state index in [1.807, 2.05) is 24.3 Å². The average Bonchev–Trinajstić information content (AvgIpc) is 3.04. The third-order valence-corrected chi connectivity index (χ3v) is 4.75. The van der Waals surface area contributed by atoms with Gasteiger partial charge in [-0.1, -0.05) is 0 Å². The SMILES string of the molecule is COc1ccc(C(=O)C2CCCN2C2CCNCC2)cc1. The van der Waals surface area contributed by atoms with Crippen LogP contribution in [0.25, 0.3) is 0 Å². The summed E-state index contributed by atoms with van der Waals surface area (Å²) in [5, 5.41) is 3.40. The Labute approximate surface area is 126 Å². The lowest BCUT2D eigenvalue weighted by atomic mass is 9.98. The van der Waals surface area contributed by atoms with Crippen molar-refractivity contribution in [3.05, 3.63) is 29.8 Å². The summed E-state index contributed by atoms with van der Waals surface area (Å²) in [6.07, 6.45) is 4.45. The lowest BCUT2D eigenvalue weighted by molar-refractivity contribution is 0.0783. The Morgan fingerprint density at radius 2 is 1.90 bits per heavy atom. The van der Waals surface area contributed by atoms with Crippen LogP contribution in [-0.4, -0.2) is 49.5 Å². The number of likely N-dealkylation sites (tertiary alicyclic amines) is 1. The highest BCUT2D eigenvalue weighted by molar-refractivity contribution is 6.00. The summed E-state index contributed by atoms with van der Waals surface area (Å²) in [5.41, 5.74) is 0.807. The minimum atomic E-state index is 0.0708. The first-order valence-electron chi connectivity index (χ1n) is 7.94. The first-order valence-corrected chi connectivity index (χ1v) is 7.94. The first kappa shape index (κ1) is 14.5. The van der Waals surface area contributed by atoms with Crippen LogP contribution in [0.4, 0.5) is 0 Å². The van der Waals surface area contributed by atoms with E-state index >= 15 is 0 Å². The lowest BCUT2D eigenvalue weighted by Crippen LogP contribution is -2.47. The molecule has 0 saturated carbocycles. The second kappa shape index (κ2) is 6.58. The Morgan fingerprint density at radius 1 is 1.19 bits per heavy atom. The van der Waals surface area contributed by atoms with Crippen LogP contribution in [0, 0.1) is 0 Å². The maximum absolute atomic E-state index is 12.8. The van der Waals surface area contributed by atoms with Crippen molar-refractivity contribution < 1.29 is 9.53 Å². The summed E-state index contributed by atoms with van der Waals surface area (Å²) >= 11 is 0. The average molecular weight is 288 g/mol. The molecule has 1 aromatic rings. The number of nitrogens with zero attached hydrogens (tertiary/aromatic N) is 1. The number of carbonyl (C=O) groups is 1. The maximum atomic E-state index is 12.8. The Morgan fingerprint density at radius 3 is 2.57 bits per heavy atom. The molecule has 1 unspecified atom stereocenters. The zero-order valence-corrected chi connectivity index (χ0v) is 12.7. The van der Waals surface area contributed by atoms with Crippen molar-refractivity contribution in [3.63, 3.8) is 0 Å². The summed E-state index contributed by atoms with van der Waals surface area (Å²) in [5.74, 6) is 1.07. The predicted octanol–water partition coefficient (Wildman–Crippen LogP) is 2.09. The largest absolute Gasteiger partial charge is 0.497 e. The summed E-state index contributed by atoms with van der Waals surface area (Å²) in [4.78, 5) is 15.3. The first-order chi connectivity index (χ1) is 10.3. The summed E-state index contributed by atoms with van der Waals surface area (Å²) in [7, 11) is 1.65. The van der Waals surface area contributed by atoms with E-state index in [-0.39, 0.29) is 11.8 Å². The fraction of sp³-hybridized carbons (Fsp3) is 0.588. The van der Waals surface area contributed by atoms with Crippen LogP contribution < -0.4 is 10.1 Å². The normalized spacial score (nSPS) is 24.1. The monoisotopic (exact) mass is 288 g/mol. The fourth-order valence-electron chi connectivity index (χ4n) is 3.59. The van der Waals surface area contributed by atoms with Crippen molar-refractivity contribution in [1.29, 1.82) is 0 Å². The summed E-state index contributed by atoms with van der Waals surface area (Å²) in [6, 6.07) is 8.16. The highest BCUT2D eigenvalue weighted by Gasteiger charge is 2.35. The van der Waals surface area contributed by atoms with Gasteiger partial charge in [-0.05, 0) is 69.6 Å². The molecule has 4 nitrogen and oxygen atoms in total. The van der Waals surface area contributed by atoms with Crippen molar-refractivity contribution in [3.8, 4) is 5.75 Å². The van der Waals surface area contributed by atoms with Crippen molar-refractivity contribution in [2.24, 2.45) is 0 Å². The van der Waals surface area contributed by atoms with Gasteiger partial charge in [0, 0.05) is 11.6 Å². The molecule has 1 N–H and O–H groups in total. The number of carbonyl (C=O) groups excluding carboxylic acids is 1. The fourth-order valence-corrected chi connectivity index (χ4v) is 3.59. The van der Waals surface area contributed by atoms with E-state index in [0.29, 0.717) is 6.04 Å². The van der Waals surface area contributed by atoms with Gasteiger partial charge in [0.25, 0.3) is 0 Å². The number of nitrogens with one attached hydrogen (secondary N) is 1.